The molecule has 0 aliphatic heterocycles. The highest BCUT2D eigenvalue weighted by Crippen LogP contribution is 2.27. The van der Waals surface area contributed by atoms with Gasteiger partial charge in [0.25, 0.3) is 5.69 Å². The fourth-order valence-corrected chi connectivity index (χ4v) is 2.80. The molecule has 3 aromatic rings. The van der Waals surface area contributed by atoms with Gasteiger partial charge in [-0.25, -0.2) is 9.18 Å². The number of non-ortho nitro benzene ring substituents is 1. The Balaban J connectivity index is 2.11. The number of carbonyl (C=O) groups is 1. The number of fused-ring (bicyclic) bond motifs is 1. The van der Waals surface area contributed by atoms with E-state index in [9.17, 15) is 19.3 Å². The van der Waals surface area contributed by atoms with Crippen molar-refractivity contribution in [2.45, 2.75) is 6.54 Å². The lowest BCUT2D eigenvalue weighted by atomic mass is 10.1. The Morgan fingerprint density at radius 1 is 1.37 bits per heavy atom. The number of methoxy groups -OCH3 is 1. The van der Waals surface area contributed by atoms with Crippen LogP contribution in [0.1, 0.15) is 11.3 Å². The number of aromatic nitrogens is 2. The van der Waals surface area contributed by atoms with Crippen LogP contribution in [0.25, 0.3) is 17.0 Å². The zero-order valence-electron chi connectivity index (χ0n) is 14.1. The van der Waals surface area contributed by atoms with Gasteiger partial charge in [-0.05, 0) is 29.8 Å². The number of ether oxygens (including phenoxy) is 1. The summed E-state index contributed by atoms with van der Waals surface area (Å²) >= 11 is 6.08. The molecule has 138 valence electrons. The highest BCUT2D eigenvalue weighted by molar-refractivity contribution is 6.31. The predicted octanol–water partition coefficient (Wildman–Crippen LogP) is 3.97. The van der Waals surface area contributed by atoms with E-state index in [2.05, 4.69) is 9.84 Å². The zero-order chi connectivity index (χ0) is 19.6. The van der Waals surface area contributed by atoms with Gasteiger partial charge in [-0.3, -0.25) is 14.8 Å². The van der Waals surface area contributed by atoms with Crippen molar-refractivity contribution in [2.75, 3.05) is 7.11 Å². The van der Waals surface area contributed by atoms with Gasteiger partial charge in [-0.1, -0.05) is 17.7 Å². The molecule has 0 aliphatic carbocycles. The van der Waals surface area contributed by atoms with Gasteiger partial charge in [-0.2, -0.15) is 5.10 Å². The fraction of sp³-hybridized carbons (Fsp3) is 0.111. The van der Waals surface area contributed by atoms with Crippen LogP contribution in [0.2, 0.25) is 5.02 Å². The van der Waals surface area contributed by atoms with Crippen LogP contribution in [0, 0.1) is 15.9 Å². The first-order valence-electron chi connectivity index (χ1n) is 7.74. The number of hydrogen-bond donors (Lipinski definition) is 0. The highest BCUT2D eigenvalue weighted by Gasteiger charge is 2.15. The van der Waals surface area contributed by atoms with Crippen LogP contribution in [0.4, 0.5) is 10.1 Å². The van der Waals surface area contributed by atoms with Crippen molar-refractivity contribution in [3.05, 3.63) is 74.7 Å². The molecular weight excluding hydrogens is 377 g/mol. The maximum Gasteiger partial charge on any atom is 0.330 e. The van der Waals surface area contributed by atoms with Crippen LogP contribution < -0.4 is 0 Å². The standard InChI is InChI=1S/C18H13ClFN3O4/c1-27-18(24)7-6-16-14-5-4-13(23(25)26)9-17(14)22(21-16)10-11-2-3-12(20)8-15(11)19/h2-9H,10H2,1H3. The molecule has 0 atom stereocenters. The van der Waals surface area contributed by atoms with Crippen LogP contribution in [-0.2, 0) is 16.1 Å². The Labute approximate surface area is 157 Å². The minimum atomic E-state index is -0.554. The van der Waals surface area contributed by atoms with Gasteiger partial charge in [0.15, 0.2) is 0 Å². The third-order valence-corrected chi connectivity index (χ3v) is 4.24. The summed E-state index contributed by atoms with van der Waals surface area (Å²) in [7, 11) is 1.25. The number of nitro benzene ring substituents is 1. The van der Waals surface area contributed by atoms with Crippen LogP contribution in [0.5, 0.6) is 0 Å². The first-order chi connectivity index (χ1) is 12.9. The topological polar surface area (TPSA) is 87.3 Å². The van der Waals surface area contributed by atoms with E-state index in [1.54, 1.807) is 6.07 Å². The van der Waals surface area contributed by atoms with E-state index < -0.39 is 16.7 Å². The van der Waals surface area contributed by atoms with Gasteiger partial charge in [0, 0.05) is 28.6 Å². The number of rotatable bonds is 5. The Morgan fingerprint density at radius 2 is 2.15 bits per heavy atom. The minimum absolute atomic E-state index is 0.0997. The monoisotopic (exact) mass is 389 g/mol. The van der Waals surface area contributed by atoms with Crippen molar-refractivity contribution >= 4 is 40.2 Å². The van der Waals surface area contributed by atoms with Gasteiger partial charge in [0.1, 0.15) is 5.82 Å². The third-order valence-electron chi connectivity index (χ3n) is 3.89. The number of halogens is 2. The van der Waals surface area contributed by atoms with Crippen LogP contribution >= 0.6 is 11.6 Å². The zero-order valence-corrected chi connectivity index (χ0v) is 14.8. The number of benzene rings is 2. The van der Waals surface area contributed by atoms with E-state index in [1.165, 1.54) is 54.3 Å². The van der Waals surface area contributed by atoms with Crippen molar-refractivity contribution in [2.24, 2.45) is 0 Å². The molecule has 27 heavy (non-hydrogen) atoms. The van der Waals surface area contributed by atoms with E-state index in [0.717, 1.165) is 0 Å². The van der Waals surface area contributed by atoms with Crippen LogP contribution in [0.15, 0.2) is 42.5 Å². The summed E-state index contributed by atoms with van der Waals surface area (Å²) in [5, 5.41) is 16.3. The summed E-state index contributed by atoms with van der Waals surface area (Å²) < 4.78 is 19.3. The molecule has 0 aliphatic rings. The number of nitrogens with zero attached hydrogens (tertiary/aromatic N) is 3. The van der Waals surface area contributed by atoms with Gasteiger partial charge in [0.2, 0.25) is 0 Å². The second-order valence-corrected chi connectivity index (χ2v) is 6.00. The summed E-state index contributed by atoms with van der Waals surface area (Å²) in [6.07, 6.45) is 2.67. The molecule has 3 rings (SSSR count). The van der Waals surface area contributed by atoms with Crippen molar-refractivity contribution in [1.82, 2.24) is 9.78 Å². The molecular formula is C18H13ClFN3O4. The quantitative estimate of drug-likeness (QED) is 0.285. The Kier molecular flexibility index (Phi) is 5.18. The molecule has 0 saturated carbocycles. The molecule has 9 heteroatoms. The lowest BCUT2D eigenvalue weighted by Crippen LogP contribution is -2.03. The molecule has 0 saturated heterocycles. The molecule has 0 bridgehead atoms. The highest BCUT2D eigenvalue weighted by atomic mass is 35.5. The third kappa shape index (κ3) is 3.95. The molecule has 2 aromatic carbocycles. The summed E-state index contributed by atoms with van der Waals surface area (Å²) in [5.74, 6) is -1.02. The Hall–Kier alpha value is -3.26. The van der Waals surface area contributed by atoms with E-state index in [4.69, 9.17) is 11.6 Å². The van der Waals surface area contributed by atoms with Crippen LogP contribution in [0.3, 0.4) is 0 Å². The SMILES string of the molecule is COC(=O)C=Cc1nn(Cc2ccc(F)cc2Cl)c2cc([N+](=O)[O-])ccc12. The number of carbonyl (C=O) groups excluding carboxylic acids is 1. The molecule has 0 amide bonds. The maximum atomic E-state index is 13.3. The van der Waals surface area contributed by atoms with Crippen molar-refractivity contribution in [3.63, 3.8) is 0 Å². The average Bonchev–Trinajstić information content (AvgIpc) is 2.99. The molecule has 0 spiro atoms. The van der Waals surface area contributed by atoms with E-state index in [0.29, 0.717) is 22.2 Å². The average molecular weight is 390 g/mol. The van der Waals surface area contributed by atoms with Crippen molar-refractivity contribution in [1.29, 1.82) is 0 Å². The molecule has 7 nitrogen and oxygen atoms in total. The van der Waals surface area contributed by atoms with Crippen molar-refractivity contribution < 1.29 is 18.8 Å². The summed E-state index contributed by atoms with van der Waals surface area (Å²) in [6, 6.07) is 8.27. The number of hydrogen-bond acceptors (Lipinski definition) is 5. The first kappa shape index (κ1) is 18.5. The van der Waals surface area contributed by atoms with E-state index in [-0.39, 0.29) is 17.3 Å². The minimum Gasteiger partial charge on any atom is -0.466 e. The van der Waals surface area contributed by atoms with E-state index >= 15 is 0 Å². The number of nitro groups is 1. The predicted molar refractivity (Wildman–Crippen MR) is 97.9 cm³/mol. The summed E-state index contributed by atoms with van der Waals surface area (Å²) in [4.78, 5) is 21.9. The van der Waals surface area contributed by atoms with Gasteiger partial charge in [0.05, 0.1) is 29.8 Å². The molecule has 0 radical (unpaired) electrons. The largest absolute Gasteiger partial charge is 0.466 e. The summed E-state index contributed by atoms with van der Waals surface area (Å²) in [6.45, 7) is 0.169. The lowest BCUT2D eigenvalue weighted by molar-refractivity contribution is -0.384. The number of esters is 1. The smallest absolute Gasteiger partial charge is 0.330 e. The first-order valence-corrected chi connectivity index (χ1v) is 8.11. The maximum absolute atomic E-state index is 13.3. The molecule has 1 aromatic heterocycles. The van der Waals surface area contributed by atoms with Gasteiger partial charge >= 0.3 is 5.97 Å². The Morgan fingerprint density at radius 3 is 2.81 bits per heavy atom. The molecule has 1 heterocycles. The molecule has 0 fully saturated rings. The van der Waals surface area contributed by atoms with Crippen LogP contribution in [-0.4, -0.2) is 27.8 Å². The fourth-order valence-electron chi connectivity index (χ4n) is 2.57. The second kappa shape index (κ2) is 7.55. The van der Waals surface area contributed by atoms with Gasteiger partial charge in [-0.15, -0.1) is 0 Å². The van der Waals surface area contributed by atoms with Crippen molar-refractivity contribution in [3.8, 4) is 0 Å². The molecule has 0 unspecified atom stereocenters. The summed E-state index contributed by atoms with van der Waals surface area (Å²) in [5.41, 5.74) is 1.41. The Bertz CT molecular complexity index is 1080. The lowest BCUT2D eigenvalue weighted by Gasteiger charge is -2.06. The molecule has 0 N–H and O–H groups in total. The van der Waals surface area contributed by atoms with E-state index in [1.807, 2.05) is 0 Å². The van der Waals surface area contributed by atoms with Gasteiger partial charge < -0.3 is 4.74 Å². The normalized spacial score (nSPS) is 11.2. The second-order valence-electron chi connectivity index (χ2n) is 5.59.